The number of nitrogens with zero attached hydrogens (tertiary/aromatic N) is 3. The molecule has 0 aromatic carbocycles. The van der Waals surface area contributed by atoms with E-state index in [0.717, 1.165) is 0 Å². The van der Waals surface area contributed by atoms with E-state index in [2.05, 4.69) is 34.4 Å². The Kier molecular flexibility index (Phi) is 6.49. The van der Waals surface area contributed by atoms with Gasteiger partial charge in [-0.2, -0.15) is 13.2 Å². The molecule has 0 saturated carbocycles. The van der Waals surface area contributed by atoms with Crippen LogP contribution in [0, 0.1) is 0 Å². The van der Waals surface area contributed by atoms with Crippen LogP contribution < -0.4 is 10.6 Å². The molecule has 0 bridgehead atoms. The van der Waals surface area contributed by atoms with Gasteiger partial charge in [0.1, 0.15) is 0 Å². The molecule has 1 aliphatic rings. The number of rotatable bonds is 5. The van der Waals surface area contributed by atoms with E-state index in [0.29, 0.717) is 32.0 Å². The number of halogens is 3. The molecule has 0 spiro atoms. The molecule has 1 saturated heterocycles. The van der Waals surface area contributed by atoms with Gasteiger partial charge in [0.15, 0.2) is 5.96 Å². The minimum Gasteiger partial charge on any atom is -0.355 e. The van der Waals surface area contributed by atoms with Gasteiger partial charge in [-0.3, -0.25) is 9.89 Å². The molecule has 0 radical (unpaired) electrons. The fourth-order valence-electron chi connectivity index (χ4n) is 2.19. The Morgan fingerprint density at radius 3 is 2.45 bits per heavy atom. The summed E-state index contributed by atoms with van der Waals surface area (Å²) in [5.74, 6) is 0.633. The maximum atomic E-state index is 12.4. The lowest BCUT2D eigenvalue weighted by Gasteiger charge is -2.33. The highest BCUT2D eigenvalue weighted by Gasteiger charge is 2.34. The molecule has 1 fully saturated rings. The SMILES string of the molecule is CN=C(NCC(C)(C)N(C)C)NC1CCN(CC(F)(F)F)C1. The van der Waals surface area contributed by atoms with Crippen LogP contribution in [0.2, 0.25) is 0 Å². The molecular weight excluding hydrogens is 295 g/mol. The second-order valence-corrected chi connectivity index (χ2v) is 6.61. The predicted octanol–water partition coefficient (Wildman–Crippen LogP) is 1.13. The number of alkyl halides is 3. The van der Waals surface area contributed by atoms with Crippen LogP contribution in [0.15, 0.2) is 4.99 Å². The topological polar surface area (TPSA) is 42.9 Å². The number of guanidine groups is 1. The van der Waals surface area contributed by atoms with E-state index in [-0.39, 0.29) is 11.6 Å². The molecule has 0 aromatic rings. The standard InChI is InChI=1S/C14H28F3N5/c1-13(2,21(4)5)9-19-12(18-3)20-11-6-7-22(8-11)10-14(15,16)17/h11H,6-10H2,1-5H3,(H2,18,19,20). The van der Waals surface area contributed by atoms with Crippen molar-refractivity contribution in [3.63, 3.8) is 0 Å². The van der Waals surface area contributed by atoms with Gasteiger partial charge in [-0.15, -0.1) is 0 Å². The Hall–Kier alpha value is -1.02. The maximum absolute atomic E-state index is 12.4. The van der Waals surface area contributed by atoms with Gasteiger partial charge in [0.2, 0.25) is 0 Å². The fourth-order valence-corrected chi connectivity index (χ4v) is 2.19. The summed E-state index contributed by atoms with van der Waals surface area (Å²) in [6.45, 7) is 4.90. The van der Waals surface area contributed by atoms with Crippen molar-refractivity contribution in [2.45, 2.75) is 38.0 Å². The zero-order valence-electron chi connectivity index (χ0n) is 14.1. The van der Waals surface area contributed by atoms with Gasteiger partial charge in [0.05, 0.1) is 6.54 Å². The molecule has 8 heteroatoms. The predicted molar refractivity (Wildman–Crippen MR) is 83.2 cm³/mol. The second-order valence-electron chi connectivity index (χ2n) is 6.61. The van der Waals surface area contributed by atoms with E-state index in [1.165, 1.54) is 4.90 Å². The summed E-state index contributed by atoms with van der Waals surface area (Å²) in [4.78, 5) is 7.68. The van der Waals surface area contributed by atoms with Gasteiger partial charge in [0, 0.05) is 38.3 Å². The number of aliphatic imine (C=N–C) groups is 1. The third kappa shape index (κ3) is 6.39. The van der Waals surface area contributed by atoms with Crippen LogP contribution in [0.25, 0.3) is 0 Å². The van der Waals surface area contributed by atoms with Crippen molar-refractivity contribution in [3.8, 4) is 0 Å². The molecule has 5 nitrogen and oxygen atoms in total. The van der Waals surface area contributed by atoms with Gasteiger partial charge in [-0.1, -0.05) is 0 Å². The highest BCUT2D eigenvalue weighted by Crippen LogP contribution is 2.19. The molecule has 0 aromatic heterocycles. The molecular formula is C14H28F3N5. The molecule has 1 atom stereocenters. The molecule has 0 amide bonds. The first-order chi connectivity index (χ1) is 10.0. The van der Waals surface area contributed by atoms with Crippen LogP contribution in [0.1, 0.15) is 20.3 Å². The first kappa shape index (κ1) is 19.0. The largest absolute Gasteiger partial charge is 0.401 e. The van der Waals surface area contributed by atoms with Crippen LogP contribution >= 0.6 is 0 Å². The van der Waals surface area contributed by atoms with E-state index in [1.807, 2.05) is 14.1 Å². The summed E-state index contributed by atoms with van der Waals surface area (Å²) >= 11 is 0. The molecule has 130 valence electrons. The fraction of sp³-hybridized carbons (Fsp3) is 0.929. The van der Waals surface area contributed by atoms with Crippen molar-refractivity contribution in [1.82, 2.24) is 20.4 Å². The summed E-state index contributed by atoms with van der Waals surface area (Å²) in [7, 11) is 5.67. The molecule has 1 unspecified atom stereocenters. The number of likely N-dealkylation sites (tertiary alicyclic amines) is 1. The van der Waals surface area contributed by atoms with Crippen molar-refractivity contribution in [3.05, 3.63) is 0 Å². The van der Waals surface area contributed by atoms with Crippen LogP contribution in [0.3, 0.4) is 0 Å². The monoisotopic (exact) mass is 323 g/mol. The smallest absolute Gasteiger partial charge is 0.355 e. The first-order valence-electron chi connectivity index (χ1n) is 7.47. The number of nitrogens with one attached hydrogen (secondary N) is 2. The molecule has 2 N–H and O–H groups in total. The molecule has 22 heavy (non-hydrogen) atoms. The number of likely N-dealkylation sites (N-methyl/N-ethyl adjacent to an activating group) is 1. The Morgan fingerprint density at radius 1 is 1.32 bits per heavy atom. The summed E-state index contributed by atoms with van der Waals surface area (Å²) < 4.78 is 37.2. The quantitative estimate of drug-likeness (QED) is 0.588. The third-order valence-corrected chi connectivity index (χ3v) is 4.14. The van der Waals surface area contributed by atoms with Crippen LogP contribution in [0.4, 0.5) is 13.2 Å². The van der Waals surface area contributed by atoms with Gasteiger partial charge >= 0.3 is 6.18 Å². The van der Waals surface area contributed by atoms with E-state index >= 15 is 0 Å². The van der Waals surface area contributed by atoms with Gasteiger partial charge in [0.25, 0.3) is 0 Å². The summed E-state index contributed by atoms with van der Waals surface area (Å²) in [6, 6.07) is -0.00369. The van der Waals surface area contributed by atoms with Crippen molar-refractivity contribution in [1.29, 1.82) is 0 Å². The van der Waals surface area contributed by atoms with E-state index in [1.54, 1.807) is 7.05 Å². The van der Waals surface area contributed by atoms with E-state index in [4.69, 9.17) is 0 Å². The lowest BCUT2D eigenvalue weighted by molar-refractivity contribution is -0.143. The average molecular weight is 323 g/mol. The summed E-state index contributed by atoms with van der Waals surface area (Å²) in [5.41, 5.74) is -0.0460. The van der Waals surface area contributed by atoms with Gasteiger partial charge in [-0.05, 0) is 34.4 Å². The summed E-state index contributed by atoms with van der Waals surface area (Å²) in [5, 5.41) is 6.44. The molecule has 1 aliphatic heterocycles. The average Bonchev–Trinajstić information content (AvgIpc) is 2.79. The maximum Gasteiger partial charge on any atom is 0.401 e. The molecule has 0 aliphatic carbocycles. The van der Waals surface area contributed by atoms with Crippen LogP contribution in [-0.4, -0.2) is 80.8 Å². The van der Waals surface area contributed by atoms with Crippen LogP contribution in [0.5, 0.6) is 0 Å². The Balaban J connectivity index is 2.42. The highest BCUT2D eigenvalue weighted by molar-refractivity contribution is 5.80. The molecule has 1 heterocycles. The molecule has 1 rings (SSSR count). The Labute approximate surface area is 130 Å². The van der Waals surface area contributed by atoms with Crippen LogP contribution in [-0.2, 0) is 0 Å². The zero-order chi connectivity index (χ0) is 17.0. The van der Waals surface area contributed by atoms with Crippen molar-refractivity contribution < 1.29 is 13.2 Å². The Bertz CT molecular complexity index is 379. The van der Waals surface area contributed by atoms with Gasteiger partial charge in [-0.25, -0.2) is 0 Å². The number of hydrogen-bond donors (Lipinski definition) is 2. The van der Waals surface area contributed by atoms with Crippen molar-refractivity contribution in [2.75, 3.05) is 47.3 Å². The van der Waals surface area contributed by atoms with Crippen molar-refractivity contribution in [2.24, 2.45) is 4.99 Å². The third-order valence-electron chi connectivity index (χ3n) is 4.14. The van der Waals surface area contributed by atoms with Crippen molar-refractivity contribution >= 4 is 5.96 Å². The highest BCUT2D eigenvalue weighted by atomic mass is 19.4. The number of hydrogen-bond acceptors (Lipinski definition) is 3. The zero-order valence-corrected chi connectivity index (χ0v) is 14.1. The first-order valence-corrected chi connectivity index (χ1v) is 7.47. The minimum atomic E-state index is -4.13. The second kappa shape index (κ2) is 7.50. The lowest BCUT2D eigenvalue weighted by Crippen LogP contribution is -2.52. The minimum absolute atomic E-state index is 0.00369. The van der Waals surface area contributed by atoms with E-state index in [9.17, 15) is 13.2 Å². The normalized spacial score (nSPS) is 21.5. The Morgan fingerprint density at radius 2 is 1.95 bits per heavy atom. The van der Waals surface area contributed by atoms with Gasteiger partial charge < -0.3 is 15.5 Å². The summed E-state index contributed by atoms with van der Waals surface area (Å²) in [6.07, 6.45) is -3.45. The lowest BCUT2D eigenvalue weighted by atomic mass is 10.0. The van der Waals surface area contributed by atoms with E-state index < -0.39 is 12.7 Å².